The quantitative estimate of drug-likeness (QED) is 0.250. The maximum absolute atomic E-state index is 6.13. The Kier molecular flexibility index (Phi) is 6.18. The summed E-state index contributed by atoms with van der Waals surface area (Å²) >= 11 is 6.13. The van der Waals surface area contributed by atoms with Crippen molar-refractivity contribution in [3.05, 3.63) is 131 Å². The van der Waals surface area contributed by atoms with Crippen molar-refractivity contribution in [3.8, 4) is 0 Å². The molecule has 0 spiro atoms. The first kappa shape index (κ1) is 21.0. The van der Waals surface area contributed by atoms with E-state index in [0.717, 1.165) is 39.7 Å². The zero-order valence-electron chi connectivity index (χ0n) is 18.0. The van der Waals surface area contributed by atoms with Crippen LogP contribution >= 0.6 is 11.6 Å². The molecule has 1 heterocycles. The summed E-state index contributed by atoms with van der Waals surface area (Å²) in [7, 11) is 0. The summed E-state index contributed by atoms with van der Waals surface area (Å²) in [6.45, 7) is 0. The highest BCUT2D eigenvalue weighted by atomic mass is 35.5. The van der Waals surface area contributed by atoms with E-state index in [-0.39, 0.29) is 6.04 Å². The van der Waals surface area contributed by atoms with E-state index in [1.807, 2.05) is 54.7 Å². The molecule has 1 aliphatic heterocycles. The lowest BCUT2D eigenvalue weighted by molar-refractivity contribution is 0.709. The number of halogens is 1. The van der Waals surface area contributed by atoms with Crippen LogP contribution in [-0.4, -0.2) is 11.9 Å². The maximum Gasteiger partial charge on any atom is 0.0831 e. The molecule has 0 bridgehead atoms. The maximum atomic E-state index is 6.13. The van der Waals surface area contributed by atoms with Crippen LogP contribution in [0.15, 0.2) is 119 Å². The number of nitrogens with one attached hydrogen (secondary N) is 1. The lowest BCUT2D eigenvalue weighted by Crippen LogP contribution is -2.18. The number of benzene rings is 4. The monoisotopic (exact) mass is 450 g/mol. The van der Waals surface area contributed by atoms with Crippen molar-refractivity contribution in [2.24, 2.45) is 10.2 Å². The first-order valence-corrected chi connectivity index (χ1v) is 11.3. The molecule has 0 aromatic heterocycles. The van der Waals surface area contributed by atoms with Gasteiger partial charge in [-0.25, -0.2) is 0 Å². The van der Waals surface area contributed by atoms with Gasteiger partial charge in [-0.1, -0.05) is 84.4 Å². The van der Waals surface area contributed by atoms with E-state index in [4.69, 9.17) is 16.7 Å². The molecule has 5 heteroatoms. The number of rotatable bonds is 6. The van der Waals surface area contributed by atoms with Crippen LogP contribution in [0.4, 0.5) is 11.4 Å². The number of anilines is 2. The van der Waals surface area contributed by atoms with E-state index in [0.29, 0.717) is 0 Å². The fourth-order valence-corrected chi connectivity index (χ4v) is 4.03. The largest absolute Gasteiger partial charge is 0.279 e. The molecule has 0 saturated carbocycles. The minimum Gasteiger partial charge on any atom is -0.279 e. The molecule has 0 radical (unpaired) electrons. The Bertz CT molecular complexity index is 1250. The van der Waals surface area contributed by atoms with E-state index in [2.05, 4.69) is 76.2 Å². The number of hydrogen-bond donors (Lipinski definition) is 1. The second kappa shape index (κ2) is 9.72. The lowest BCUT2D eigenvalue weighted by Gasteiger charge is -2.24. The van der Waals surface area contributed by atoms with Crippen LogP contribution in [0.5, 0.6) is 0 Å². The van der Waals surface area contributed by atoms with Crippen LogP contribution < -0.4 is 10.4 Å². The third-order valence-electron chi connectivity index (χ3n) is 5.61. The highest BCUT2D eigenvalue weighted by Crippen LogP contribution is 2.37. The van der Waals surface area contributed by atoms with Crippen LogP contribution in [0.2, 0.25) is 5.02 Å². The third kappa shape index (κ3) is 4.97. The molecular formula is C28H23ClN4. The van der Waals surface area contributed by atoms with Crippen molar-refractivity contribution < 1.29 is 0 Å². The molecule has 0 aliphatic carbocycles. The van der Waals surface area contributed by atoms with Gasteiger partial charge in [0.1, 0.15) is 0 Å². The minimum atomic E-state index is 0.108. The summed E-state index contributed by atoms with van der Waals surface area (Å²) in [4.78, 5) is 0. The molecular weight excluding hydrogens is 428 g/mol. The molecule has 0 saturated heterocycles. The van der Waals surface area contributed by atoms with Crippen LogP contribution in [0.3, 0.4) is 0 Å². The van der Waals surface area contributed by atoms with Gasteiger partial charge in [-0.2, -0.15) is 10.2 Å². The summed E-state index contributed by atoms with van der Waals surface area (Å²) < 4.78 is 0. The second-order valence-corrected chi connectivity index (χ2v) is 8.29. The number of nitrogens with zero attached hydrogens (tertiary/aromatic N) is 3. The number of para-hydroxylation sites is 1. The summed E-state index contributed by atoms with van der Waals surface area (Å²) in [5.41, 5.74) is 9.46. The molecule has 0 amide bonds. The van der Waals surface area contributed by atoms with Crippen LogP contribution in [0.25, 0.3) is 0 Å². The van der Waals surface area contributed by atoms with E-state index >= 15 is 0 Å². The van der Waals surface area contributed by atoms with E-state index in [9.17, 15) is 0 Å². The fourth-order valence-electron chi connectivity index (χ4n) is 3.91. The topological polar surface area (TPSA) is 40.0 Å². The molecule has 5 rings (SSSR count). The molecule has 4 aromatic rings. The minimum absolute atomic E-state index is 0.108. The van der Waals surface area contributed by atoms with E-state index < -0.39 is 0 Å². The summed E-state index contributed by atoms with van der Waals surface area (Å²) in [6, 6.07) is 36.7. The Balaban J connectivity index is 1.39. The van der Waals surface area contributed by atoms with Gasteiger partial charge in [0.15, 0.2) is 0 Å². The van der Waals surface area contributed by atoms with Gasteiger partial charge in [-0.05, 0) is 53.1 Å². The predicted octanol–water partition coefficient (Wildman–Crippen LogP) is 7.14. The normalized spacial score (nSPS) is 15.6. The zero-order valence-corrected chi connectivity index (χ0v) is 18.7. The average Bonchev–Trinajstić information content (AvgIpc) is 3.32. The molecule has 4 nitrogen and oxygen atoms in total. The predicted molar refractivity (Wildman–Crippen MR) is 138 cm³/mol. The second-order valence-electron chi connectivity index (χ2n) is 7.86. The van der Waals surface area contributed by atoms with Crippen molar-refractivity contribution in [2.75, 3.05) is 10.4 Å². The van der Waals surface area contributed by atoms with Gasteiger partial charge in [0.05, 0.1) is 29.3 Å². The van der Waals surface area contributed by atoms with E-state index in [1.54, 1.807) is 0 Å². The summed E-state index contributed by atoms with van der Waals surface area (Å²) in [6.07, 6.45) is 2.64. The fraction of sp³-hybridized carbons (Fsp3) is 0.0714. The van der Waals surface area contributed by atoms with Crippen molar-refractivity contribution >= 4 is 34.9 Å². The zero-order chi connectivity index (χ0) is 22.5. The summed E-state index contributed by atoms with van der Waals surface area (Å²) in [5, 5.41) is 12.2. The van der Waals surface area contributed by atoms with Gasteiger partial charge in [-0.15, -0.1) is 0 Å². The highest BCUT2D eigenvalue weighted by molar-refractivity contribution is 6.30. The molecule has 1 atom stereocenters. The smallest absolute Gasteiger partial charge is 0.0831 e. The Morgan fingerprint density at radius 3 is 2.18 bits per heavy atom. The standard InChI is InChI=1S/C28H23ClN4/c29-24-15-13-23(14-16-24)28-19-27(22-7-3-1-4-8-22)32-33(28)26-17-11-21(12-18-26)20-30-31-25-9-5-2-6-10-25/h1-18,20,28,31H,19H2. The molecule has 162 valence electrons. The lowest BCUT2D eigenvalue weighted by atomic mass is 9.98. The molecule has 1 unspecified atom stereocenters. The van der Waals surface area contributed by atoms with Gasteiger partial charge in [0, 0.05) is 11.4 Å². The molecule has 4 aromatic carbocycles. The Morgan fingerprint density at radius 1 is 0.818 bits per heavy atom. The number of hydrazone groups is 2. The van der Waals surface area contributed by atoms with Crippen molar-refractivity contribution in [3.63, 3.8) is 0 Å². The van der Waals surface area contributed by atoms with Gasteiger partial charge < -0.3 is 0 Å². The molecule has 0 fully saturated rings. The average molecular weight is 451 g/mol. The molecule has 1 aliphatic rings. The highest BCUT2D eigenvalue weighted by Gasteiger charge is 2.29. The third-order valence-corrected chi connectivity index (χ3v) is 5.86. The van der Waals surface area contributed by atoms with Crippen molar-refractivity contribution in [2.45, 2.75) is 12.5 Å². The molecule has 33 heavy (non-hydrogen) atoms. The Morgan fingerprint density at radius 2 is 1.48 bits per heavy atom. The van der Waals surface area contributed by atoms with Crippen LogP contribution in [0, 0.1) is 0 Å². The van der Waals surface area contributed by atoms with Crippen LogP contribution in [0.1, 0.15) is 29.2 Å². The first-order chi connectivity index (χ1) is 16.3. The summed E-state index contributed by atoms with van der Waals surface area (Å²) in [5.74, 6) is 0. The molecule has 1 N–H and O–H groups in total. The first-order valence-electron chi connectivity index (χ1n) is 10.9. The Hall–Kier alpha value is -3.89. The van der Waals surface area contributed by atoms with Crippen molar-refractivity contribution in [1.29, 1.82) is 0 Å². The van der Waals surface area contributed by atoms with Gasteiger partial charge in [0.25, 0.3) is 0 Å². The van der Waals surface area contributed by atoms with E-state index in [1.165, 1.54) is 5.56 Å². The van der Waals surface area contributed by atoms with Gasteiger partial charge in [0.2, 0.25) is 0 Å². The van der Waals surface area contributed by atoms with Gasteiger partial charge in [-0.3, -0.25) is 10.4 Å². The van der Waals surface area contributed by atoms with Crippen molar-refractivity contribution in [1.82, 2.24) is 0 Å². The Labute approximate surface area is 198 Å². The SMILES string of the molecule is Clc1ccc(C2CC(c3ccccc3)=NN2c2ccc(C=NNc3ccccc3)cc2)cc1. The van der Waals surface area contributed by atoms with Gasteiger partial charge >= 0.3 is 0 Å². The van der Waals surface area contributed by atoms with Crippen LogP contribution in [-0.2, 0) is 0 Å². The number of hydrogen-bond acceptors (Lipinski definition) is 4.